The fraction of sp³-hybridized carbons (Fsp3) is 0.929. The number of nitrogens with one attached hydrogen (secondary N) is 1. The van der Waals surface area contributed by atoms with E-state index in [4.69, 9.17) is 4.74 Å². The topological polar surface area (TPSA) is 75.7 Å². The fourth-order valence-corrected chi connectivity index (χ4v) is 4.71. The highest BCUT2D eigenvalue weighted by Gasteiger charge is 2.34. The minimum absolute atomic E-state index is 0.120. The van der Waals surface area contributed by atoms with Crippen LogP contribution in [0.5, 0.6) is 0 Å². The first-order valence-electron chi connectivity index (χ1n) is 7.59. The molecule has 0 aromatic rings. The first-order valence-corrected chi connectivity index (χ1v) is 9.41. The molecule has 0 radical (unpaired) electrons. The maximum atomic E-state index is 11.7. The van der Waals surface area contributed by atoms with E-state index in [0.29, 0.717) is 5.75 Å². The Morgan fingerprint density at radius 1 is 1.19 bits per heavy atom. The summed E-state index contributed by atoms with van der Waals surface area (Å²) in [6.07, 6.45) is 2.06. The highest BCUT2D eigenvalue weighted by Crippen LogP contribution is 2.22. The molecule has 21 heavy (non-hydrogen) atoms. The van der Waals surface area contributed by atoms with Gasteiger partial charge < -0.3 is 10.1 Å². The van der Waals surface area contributed by atoms with E-state index in [1.165, 1.54) is 0 Å². The number of rotatable bonds is 2. The Morgan fingerprint density at radius 3 is 2.29 bits per heavy atom. The molecule has 0 aliphatic carbocycles. The smallest absolute Gasteiger partial charge is 0.407 e. The highest BCUT2D eigenvalue weighted by atomic mass is 32.2. The maximum Gasteiger partial charge on any atom is 0.407 e. The summed E-state index contributed by atoms with van der Waals surface area (Å²) >= 11 is 0. The number of sulfone groups is 1. The van der Waals surface area contributed by atoms with Gasteiger partial charge in [0.2, 0.25) is 0 Å². The molecule has 1 N–H and O–H groups in total. The Morgan fingerprint density at radius 2 is 1.81 bits per heavy atom. The number of hydrogen-bond donors (Lipinski definition) is 1. The molecule has 0 spiro atoms. The molecule has 0 aromatic carbocycles. The number of carbonyl (C=O) groups is 1. The van der Waals surface area contributed by atoms with Gasteiger partial charge in [-0.2, -0.15) is 0 Å². The zero-order chi connectivity index (χ0) is 15.7. The van der Waals surface area contributed by atoms with Crippen molar-refractivity contribution in [3.63, 3.8) is 0 Å². The van der Waals surface area contributed by atoms with E-state index in [1.54, 1.807) is 0 Å². The third-order valence-electron chi connectivity index (χ3n) is 3.98. The second kappa shape index (κ2) is 6.12. The number of carbonyl (C=O) groups excluding carboxylic acids is 1. The monoisotopic (exact) mass is 318 g/mol. The average Bonchev–Trinajstić information content (AvgIpc) is 2.68. The normalized spacial score (nSPS) is 27.5. The molecule has 6 nitrogen and oxygen atoms in total. The Labute approximate surface area is 127 Å². The fourth-order valence-electron chi connectivity index (χ4n) is 2.95. The molecule has 1 amide bonds. The number of likely N-dealkylation sites (tertiary alicyclic amines) is 1. The summed E-state index contributed by atoms with van der Waals surface area (Å²) in [4.78, 5) is 14.0. The number of piperidine rings is 1. The Kier molecular flexibility index (Phi) is 4.82. The summed E-state index contributed by atoms with van der Waals surface area (Å²) in [5, 5.41) is 2.90. The standard InChI is InChI=1S/C14H26N2O4S/c1-14(2,3)20-13(17)15-11-4-7-16(8-5-11)12-6-9-21(18,19)10-12/h11-12H,4-10H2,1-3H3,(H,15,17)/t12-/m1/s1. The van der Waals surface area contributed by atoms with Gasteiger partial charge >= 0.3 is 6.09 Å². The van der Waals surface area contributed by atoms with E-state index >= 15 is 0 Å². The molecule has 2 saturated heterocycles. The SMILES string of the molecule is CC(C)(C)OC(=O)NC1CCN([C@@H]2CCS(=O)(=O)C2)CC1. The lowest BCUT2D eigenvalue weighted by molar-refractivity contribution is 0.0471. The van der Waals surface area contributed by atoms with E-state index < -0.39 is 15.4 Å². The van der Waals surface area contributed by atoms with Crippen molar-refractivity contribution in [1.82, 2.24) is 10.2 Å². The van der Waals surface area contributed by atoms with Crippen LogP contribution >= 0.6 is 0 Å². The maximum absolute atomic E-state index is 11.7. The Bertz CT molecular complexity index is 476. The molecule has 2 aliphatic rings. The van der Waals surface area contributed by atoms with Gasteiger partial charge in [0.1, 0.15) is 5.60 Å². The Balaban J connectivity index is 1.75. The largest absolute Gasteiger partial charge is 0.444 e. The van der Waals surface area contributed by atoms with Gasteiger partial charge in [-0.1, -0.05) is 0 Å². The van der Waals surface area contributed by atoms with Crippen LogP contribution in [0.1, 0.15) is 40.0 Å². The molecule has 0 saturated carbocycles. The molecule has 0 bridgehead atoms. The second-order valence-electron chi connectivity index (χ2n) is 7.01. The highest BCUT2D eigenvalue weighted by molar-refractivity contribution is 7.91. The molecule has 1 atom stereocenters. The van der Waals surface area contributed by atoms with Crippen LogP contribution in [-0.4, -0.2) is 61.7 Å². The van der Waals surface area contributed by atoms with Crippen molar-refractivity contribution in [2.45, 2.75) is 57.7 Å². The summed E-state index contributed by atoms with van der Waals surface area (Å²) in [5.41, 5.74) is -0.483. The first-order chi connectivity index (χ1) is 9.65. The van der Waals surface area contributed by atoms with Crippen LogP contribution in [0.25, 0.3) is 0 Å². The van der Waals surface area contributed by atoms with Gasteiger partial charge in [0.25, 0.3) is 0 Å². The molecule has 2 rings (SSSR count). The number of ether oxygens (including phenoxy) is 1. The third kappa shape index (κ3) is 5.14. The quantitative estimate of drug-likeness (QED) is 0.827. The predicted molar refractivity (Wildman–Crippen MR) is 81.0 cm³/mol. The van der Waals surface area contributed by atoms with Crippen LogP contribution in [0, 0.1) is 0 Å². The number of alkyl carbamates (subject to hydrolysis) is 1. The van der Waals surface area contributed by atoms with Crippen LogP contribution in [0.2, 0.25) is 0 Å². The molecular weight excluding hydrogens is 292 g/mol. The third-order valence-corrected chi connectivity index (χ3v) is 5.73. The van der Waals surface area contributed by atoms with Gasteiger partial charge in [0.05, 0.1) is 11.5 Å². The van der Waals surface area contributed by atoms with Gasteiger partial charge in [-0.15, -0.1) is 0 Å². The van der Waals surface area contributed by atoms with Crippen molar-refractivity contribution in [2.75, 3.05) is 24.6 Å². The van der Waals surface area contributed by atoms with Crippen molar-refractivity contribution in [2.24, 2.45) is 0 Å². The van der Waals surface area contributed by atoms with Crippen molar-refractivity contribution < 1.29 is 17.9 Å². The van der Waals surface area contributed by atoms with E-state index in [2.05, 4.69) is 10.2 Å². The van der Waals surface area contributed by atoms with Crippen LogP contribution in [0.4, 0.5) is 4.79 Å². The van der Waals surface area contributed by atoms with E-state index in [0.717, 1.165) is 32.4 Å². The average molecular weight is 318 g/mol. The van der Waals surface area contributed by atoms with Crippen molar-refractivity contribution in [3.05, 3.63) is 0 Å². The second-order valence-corrected chi connectivity index (χ2v) is 9.24. The zero-order valence-corrected chi connectivity index (χ0v) is 13.9. The van der Waals surface area contributed by atoms with Crippen molar-refractivity contribution in [1.29, 1.82) is 0 Å². The van der Waals surface area contributed by atoms with Crippen LogP contribution < -0.4 is 5.32 Å². The Hall–Kier alpha value is -0.820. The number of amides is 1. The van der Waals surface area contributed by atoms with Crippen molar-refractivity contribution in [3.8, 4) is 0 Å². The molecule has 2 aliphatic heterocycles. The lowest BCUT2D eigenvalue weighted by Gasteiger charge is -2.35. The van der Waals surface area contributed by atoms with Crippen LogP contribution in [0.15, 0.2) is 0 Å². The van der Waals surface area contributed by atoms with E-state index in [1.807, 2.05) is 20.8 Å². The van der Waals surface area contributed by atoms with Gasteiger partial charge in [-0.05, 0) is 40.0 Å². The summed E-state index contributed by atoms with van der Waals surface area (Å²) < 4.78 is 28.3. The summed E-state index contributed by atoms with van der Waals surface area (Å²) in [5.74, 6) is 0.602. The first kappa shape index (κ1) is 16.5. The summed E-state index contributed by atoms with van der Waals surface area (Å²) in [6, 6.07) is 0.284. The summed E-state index contributed by atoms with van der Waals surface area (Å²) in [6.45, 7) is 7.20. The molecule has 2 heterocycles. The lowest BCUT2D eigenvalue weighted by atomic mass is 10.0. The van der Waals surface area contributed by atoms with Crippen LogP contribution in [0.3, 0.4) is 0 Å². The van der Waals surface area contributed by atoms with E-state index in [-0.39, 0.29) is 23.9 Å². The molecular formula is C14H26N2O4S. The van der Waals surface area contributed by atoms with Gasteiger partial charge in [0, 0.05) is 25.2 Å². The number of nitrogens with zero attached hydrogens (tertiary/aromatic N) is 1. The number of hydrogen-bond acceptors (Lipinski definition) is 5. The van der Waals surface area contributed by atoms with Crippen molar-refractivity contribution >= 4 is 15.9 Å². The lowest BCUT2D eigenvalue weighted by Crippen LogP contribution is -2.49. The van der Waals surface area contributed by atoms with Gasteiger partial charge in [0.15, 0.2) is 9.84 Å². The summed E-state index contributed by atoms with van der Waals surface area (Å²) in [7, 11) is -2.83. The molecule has 122 valence electrons. The molecule has 0 unspecified atom stereocenters. The molecule has 7 heteroatoms. The van der Waals surface area contributed by atoms with E-state index in [9.17, 15) is 13.2 Å². The minimum atomic E-state index is -2.83. The zero-order valence-electron chi connectivity index (χ0n) is 13.1. The van der Waals surface area contributed by atoms with Gasteiger partial charge in [-0.25, -0.2) is 13.2 Å². The predicted octanol–water partition coefficient (Wildman–Crippen LogP) is 1.16. The minimum Gasteiger partial charge on any atom is -0.444 e. The molecule has 2 fully saturated rings. The van der Waals surface area contributed by atoms with Crippen LogP contribution in [-0.2, 0) is 14.6 Å². The molecule has 0 aromatic heterocycles. The van der Waals surface area contributed by atoms with Gasteiger partial charge in [-0.3, -0.25) is 4.90 Å².